The molecule has 0 saturated carbocycles. The van der Waals surface area contributed by atoms with E-state index >= 15 is 0 Å². The molecule has 10 heteroatoms. The summed E-state index contributed by atoms with van der Waals surface area (Å²) < 4.78 is 4.70. The number of benzene rings is 1. The molecule has 0 radical (unpaired) electrons. The number of thioether (sulfide) groups is 1. The van der Waals surface area contributed by atoms with Gasteiger partial charge in [0.25, 0.3) is 0 Å². The van der Waals surface area contributed by atoms with Crippen molar-refractivity contribution in [3.8, 4) is 0 Å². The number of hydrogen-bond donors (Lipinski definition) is 1. The van der Waals surface area contributed by atoms with E-state index < -0.39 is 22.6 Å². The van der Waals surface area contributed by atoms with Crippen LogP contribution in [0.4, 0.5) is 5.69 Å². The van der Waals surface area contributed by atoms with Gasteiger partial charge in [0.15, 0.2) is 0 Å². The quantitative estimate of drug-likeness (QED) is 0.328. The zero-order chi connectivity index (χ0) is 29.1. The molecule has 1 aromatic carbocycles. The number of ether oxygens (including phenoxy) is 1. The molecule has 6 rings (SSSR count). The molecule has 5 aliphatic rings. The van der Waals surface area contributed by atoms with E-state index in [0.29, 0.717) is 39.4 Å². The van der Waals surface area contributed by atoms with Crippen LogP contribution in [0.2, 0.25) is 0 Å². The average molecular weight is 595 g/mol. The van der Waals surface area contributed by atoms with Crippen LogP contribution in [0.15, 0.2) is 54.6 Å². The van der Waals surface area contributed by atoms with Crippen LogP contribution in [0.3, 0.4) is 0 Å². The molecule has 3 amide bonds. The van der Waals surface area contributed by atoms with Crippen LogP contribution in [-0.4, -0.2) is 119 Å². The zero-order valence-electron chi connectivity index (χ0n) is 24.2. The predicted molar refractivity (Wildman–Crippen MR) is 163 cm³/mol. The van der Waals surface area contributed by atoms with Crippen molar-refractivity contribution < 1.29 is 24.2 Å². The molecular weight excluding hydrogens is 552 g/mol. The Labute approximate surface area is 252 Å². The number of unbranched alkanes of at least 4 members (excludes halogenated alkanes) is 3. The van der Waals surface area contributed by atoms with E-state index in [-0.39, 0.29) is 29.6 Å². The Kier molecular flexibility index (Phi) is 9.04. The smallest absolute Gasteiger partial charge is 0.247 e. The Balaban J connectivity index is 1.30. The zero-order valence-corrected chi connectivity index (χ0v) is 25.0. The van der Waals surface area contributed by atoms with E-state index in [1.54, 1.807) is 21.6 Å². The van der Waals surface area contributed by atoms with Crippen molar-refractivity contribution in [2.45, 2.75) is 41.7 Å². The Bertz CT molecular complexity index is 1200. The number of anilines is 1. The number of rotatable bonds is 10. The number of hydrogen-bond acceptors (Lipinski definition) is 7. The molecular formula is C32H42N4O5S. The number of carbonyl (C=O) groups excluding carboxylic acids is 3. The van der Waals surface area contributed by atoms with Crippen molar-refractivity contribution in [3.63, 3.8) is 0 Å². The minimum Gasteiger partial charge on any atom is -0.396 e. The third-order valence-corrected chi connectivity index (χ3v) is 11.2. The van der Waals surface area contributed by atoms with Crippen molar-refractivity contribution >= 4 is 35.2 Å². The Hall–Kier alpha value is -2.66. The third kappa shape index (κ3) is 5.42. The maximum absolute atomic E-state index is 14.5. The number of morpholine rings is 1. The lowest BCUT2D eigenvalue weighted by Crippen LogP contribution is -2.54. The summed E-state index contributed by atoms with van der Waals surface area (Å²) in [6.07, 6.45) is 11.5. The number of aliphatic hydroxyl groups excluding tert-OH is 1. The molecule has 1 spiro atoms. The van der Waals surface area contributed by atoms with E-state index in [1.807, 2.05) is 41.3 Å². The van der Waals surface area contributed by atoms with E-state index in [4.69, 9.17) is 4.74 Å². The van der Waals surface area contributed by atoms with Crippen molar-refractivity contribution in [2.24, 2.45) is 11.8 Å². The lowest BCUT2D eigenvalue weighted by Gasteiger charge is -2.36. The second-order valence-corrected chi connectivity index (χ2v) is 13.4. The first-order chi connectivity index (χ1) is 20.5. The molecule has 0 aromatic heterocycles. The molecule has 42 heavy (non-hydrogen) atoms. The number of likely N-dealkylation sites (tertiary alicyclic amines) is 1. The molecule has 5 heterocycles. The van der Waals surface area contributed by atoms with Crippen LogP contribution in [0.1, 0.15) is 25.7 Å². The SMILES string of the molecule is O=C1C2N(CCCCCCO)C(=O)[C@@H]3[C@H]4C(=O)N(c5ccccc5)CC=C[C@H]4S[C@]23C=CCN1CCN1CCOCC1. The highest BCUT2D eigenvalue weighted by molar-refractivity contribution is 8.02. The topological polar surface area (TPSA) is 93.6 Å². The van der Waals surface area contributed by atoms with Gasteiger partial charge in [-0.05, 0) is 25.0 Å². The molecule has 1 aromatic rings. The molecule has 226 valence electrons. The maximum Gasteiger partial charge on any atom is 0.247 e. The third-order valence-electron chi connectivity index (χ3n) is 9.41. The van der Waals surface area contributed by atoms with Crippen LogP contribution < -0.4 is 4.90 Å². The van der Waals surface area contributed by atoms with Gasteiger partial charge in [0, 0.05) is 63.4 Å². The number of para-hydroxylation sites is 1. The number of nitrogens with zero attached hydrogens (tertiary/aromatic N) is 4. The summed E-state index contributed by atoms with van der Waals surface area (Å²) in [5, 5.41) is 9.03. The molecule has 1 unspecified atom stereocenters. The van der Waals surface area contributed by atoms with Crippen LogP contribution >= 0.6 is 11.8 Å². The summed E-state index contributed by atoms with van der Waals surface area (Å²) in [5.74, 6) is -1.28. The van der Waals surface area contributed by atoms with Gasteiger partial charge in [-0.1, -0.05) is 55.3 Å². The first kappa shape index (κ1) is 29.4. The highest BCUT2D eigenvalue weighted by Gasteiger charge is 2.70. The van der Waals surface area contributed by atoms with Gasteiger partial charge in [-0.25, -0.2) is 0 Å². The van der Waals surface area contributed by atoms with E-state index in [9.17, 15) is 19.5 Å². The summed E-state index contributed by atoms with van der Waals surface area (Å²) in [4.78, 5) is 51.0. The van der Waals surface area contributed by atoms with Crippen LogP contribution in [0, 0.1) is 11.8 Å². The lowest BCUT2D eigenvalue weighted by atomic mass is 9.78. The summed E-state index contributed by atoms with van der Waals surface area (Å²) in [7, 11) is 0. The van der Waals surface area contributed by atoms with Gasteiger partial charge in [-0.2, -0.15) is 0 Å². The number of amides is 3. The molecule has 0 aliphatic carbocycles. The molecule has 0 bridgehead atoms. The Morgan fingerprint density at radius 3 is 2.45 bits per heavy atom. The fourth-order valence-electron chi connectivity index (χ4n) is 7.30. The second kappa shape index (κ2) is 12.9. The first-order valence-electron chi connectivity index (χ1n) is 15.4. The van der Waals surface area contributed by atoms with Crippen molar-refractivity contribution in [1.29, 1.82) is 0 Å². The largest absolute Gasteiger partial charge is 0.396 e. The van der Waals surface area contributed by atoms with Crippen molar-refractivity contribution in [1.82, 2.24) is 14.7 Å². The van der Waals surface area contributed by atoms with E-state index in [0.717, 1.165) is 51.0 Å². The summed E-state index contributed by atoms with van der Waals surface area (Å²) in [6.45, 7) is 6.11. The van der Waals surface area contributed by atoms with Gasteiger partial charge in [-0.15, -0.1) is 11.8 Å². The molecule has 5 aliphatic heterocycles. The minimum atomic E-state index is -0.790. The van der Waals surface area contributed by atoms with Gasteiger partial charge in [0.2, 0.25) is 17.7 Å². The first-order valence-corrected chi connectivity index (χ1v) is 16.3. The normalized spacial score (nSPS) is 31.3. The number of fused-ring (bicyclic) bond motifs is 2. The summed E-state index contributed by atoms with van der Waals surface area (Å²) in [5.41, 5.74) is 0.822. The molecule has 3 fully saturated rings. The van der Waals surface area contributed by atoms with Gasteiger partial charge < -0.3 is 24.5 Å². The summed E-state index contributed by atoms with van der Waals surface area (Å²) >= 11 is 1.64. The molecule has 5 atom stereocenters. The Morgan fingerprint density at radius 1 is 0.881 bits per heavy atom. The van der Waals surface area contributed by atoms with E-state index in [2.05, 4.69) is 23.1 Å². The number of aliphatic hydroxyl groups is 1. The highest BCUT2D eigenvalue weighted by Crippen LogP contribution is 2.61. The van der Waals surface area contributed by atoms with Gasteiger partial charge in [0.05, 0.1) is 29.8 Å². The molecule has 3 saturated heterocycles. The highest BCUT2D eigenvalue weighted by atomic mass is 32.2. The van der Waals surface area contributed by atoms with Crippen LogP contribution in [0.25, 0.3) is 0 Å². The second-order valence-electron chi connectivity index (χ2n) is 11.9. The molecule has 1 N–H and O–H groups in total. The number of carbonyl (C=O) groups is 3. The maximum atomic E-state index is 14.5. The fraction of sp³-hybridized carbons (Fsp3) is 0.594. The van der Waals surface area contributed by atoms with Crippen LogP contribution in [-0.2, 0) is 19.1 Å². The predicted octanol–water partition coefficient (Wildman–Crippen LogP) is 2.17. The summed E-state index contributed by atoms with van der Waals surface area (Å²) in [6, 6.07) is 9.01. The Morgan fingerprint density at radius 2 is 1.67 bits per heavy atom. The minimum absolute atomic E-state index is 0.0141. The van der Waals surface area contributed by atoms with Gasteiger partial charge in [-0.3, -0.25) is 19.3 Å². The fourth-order valence-corrected chi connectivity index (χ4v) is 9.31. The van der Waals surface area contributed by atoms with E-state index in [1.165, 1.54) is 0 Å². The van der Waals surface area contributed by atoms with Crippen molar-refractivity contribution in [3.05, 3.63) is 54.6 Å². The standard InChI is InChI=1S/C32H42N4O5S/c37-21-7-2-1-6-15-36-28-31(40)34(18-17-33-19-22-41-23-20-33)14-9-13-32(28)27(30(36)39)26-25(42-32)12-8-16-35(29(26)38)24-10-4-3-5-11-24/h3-5,8-13,25-28,37H,1-2,6-7,14-23H2/t25-,26+,27+,28?,32+/m1/s1. The lowest BCUT2D eigenvalue weighted by molar-refractivity contribution is -0.142. The van der Waals surface area contributed by atoms with Gasteiger partial charge in [0.1, 0.15) is 6.04 Å². The monoisotopic (exact) mass is 594 g/mol. The van der Waals surface area contributed by atoms with Crippen LogP contribution in [0.5, 0.6) is 0 Å². The molecule has 9 nitrogen and oxygen atoms in total. The van der Waals surface area contributed by atoms with Crippen molar-refractivity contribution in [2.75, 3.05) is 70.5 Å². The van der Waals surface area contributed by atoms with Gasteiger partial charge >= 0.3 is 0 Å². The average Bonchev–Trinajstić information content (AvgIpc) is 3.32.